The standard InChI is InChI=1S/C13H20N2O2/c16-12-7-8-13(17)15(12)10-9-14-11-5-3-1-2-4-6-11/h7-8,11,14H,1-6,9-10H2. The fourth-order valence-corrected chi connectivity index (χ4v) is 2.52. The molecule has 0 spiro atoms. The molecule has 0 aromatic rings. The van der Waals surface area contributed by atoms with Gasteiger partial charge < -0.3 is 5.32 Å². The fraction of sp³-hybridized carbons (Fsp3) is 0.692. The average Bonchev–Trinajstić information content (AvgIpc) is 2.57. The van der Waals surface area contributed by atoms with Gasteiger partial charge in [0.25, 0.3) is 11.8 Å². The van der Waals surface area contributed by atoms with Crippen molar-refractivity contribution in [2.75, 3.05) is 13.1 Å². The summed E-state index contributed by atoms with van der Waals surface area (Å²) in [6, 6.07) is 0.568. The molecule has 17 heavy (non-hydrogen) atoms. The van der Waals surface area contributed by atoms with Gasteiger partial charge in [-0.05, 0) is 12.8 Å². The Morgan fingerprint density at radius 1 is 1.06 bits per heavy atom. The second-order valence-electron chi connectivity index (χ2n) is 4.80. The largest absolute Gasteiger partial charge is 0.312 e. The first kappa shape index (κ1) is 12.3. The maximum Gasteiger partial charge on any atom is 0.253 e. The van der Waals surface area contributed by atoms with Gasteiger partial charge >= 0.3 is 0 Å². The fourth-order valence-electron chi connectivity index (χ4n) is 2.52. The highest BCUT2D eigenvalue weighted by molar-refractivity contribution is 6.12. The second kappa shape index (κ2) is 5.96. The molecule has 0 aromatic carbocycles. The third-order valence-corrected chi connectivity index (χ3v) is 3.52. The zero-order valence-corrected chi connectivity index (χ0v) is 10.2. The van der Waals surface area contributed by atoms with Crippen molar-refractivity contribution >= 4 is 11.8 Å². The lowest BCUT2D eigenvalue weighted by atomic mass is 10.1. The van der Waals surface area contributed by atoms with Gasteiger partial charge in [-0.15, -0.1) is 0 Å². The lowest BCUT2D eigenvalue weighted by molar-refractivity contribution is -0.136. The average molecular weight is 236 g/mol. The van der Waals surface area contributed by atoms with Crippen LogP contribution in [0.1, 0.15) is 38.5 Å². The van der Waals surface area contributed by atoms with Crippen LogP contribution in [0.15, 0.2) is 12.2 Å². The minimum atomic E-state index is -0.183. The van der Waals surface area contributed by atoms with E-state index in [2.05, 4.69) is 5.32 Å². The predicted molar refractivity (Wildman–Crippen MR) is 65.4 cm³/mol. The summed E-state index contributed by atoms with van der Waals surface area (Å²) in [6.07, 6.45) is 10.4. The van der Waals surface area contributed by atoms with Crippen molar-refractivity contribution in [3.8, 4) is 0 Å². The number of nitrogens with zero attached hydrogens (tertiary/aromatic N) is 1. The van der Waals surface area contributed by atoms with Gasteiger partial charge in [0.1, 0.15) is 0 Å². The Morgan fingerprint density at radius 2 is 1.65 bits per heavy atom. The number of rotatable bonds is 4. The SMILES string of the molecule is O=C1C=CC(=O)N1CCNC1CCCCCC1. The van der Waals surface area contributed by atoms with Crippen LogP contribution in [-0.2, 0) is 9.59 Å². The number of carbonyl (C=O) groups excluding carboxylic acids is 2. The van der Waals surface area contributed by atoms with Crippen molar-refractivity contribution in [1.29, 1.82) is 0 Å². The molecule has 0 bridgehead atoms. The van der Waals surface area contributed by atoms with Crippen molar-refractivity contribution < 1.29 is 9.59 Å². The molecule has 0 unspecified atom stereocenters. The molecule has 2 rings (SSSR count). The lowest BCUT2D eigenvalue weighted by Gasteiger charge is -2.19. The van der Waals surface area contributed by atoms with E-state index in [0.29, 0.717) is 19.1 Å². The third kappa shape index (κ3) is 3.40. The highest BCUT2D eigenvalue weighted by Gasteiger charge is 2.22. The molecule has 1 aliphatic heterocycles. The lowest BCUT2D eigenvalue weighted by Crippen LogP contribution is -2.39. The highest BCUT2D eigenvalue weighted by Crippen LogP contribution is 2.17. The molecular weight excluding hydrogens is 216 g/mol. The van der Waals surface area contributed by atoms with E-state index in [1.807, 2.05) is 0 Å². The Bertz CT molecular complexity index is 299. The number of imide groups is 1. The van der Waals surface area contributed by atoms with Gasteiger partial charge in [0.2, 0.25) is 0 Å². The zero-order valence-electron chi connectivity index (χ0n) is 10.2. The number of hydrogen-bond donors (Lipinski definition) is 1. The maximum absolute atomic E-state index is 11.3. The van der Waals surface area contributed by atoms with Gasteiger partial charge in [-0.3, -0.25) is 14.5 Å². The molecule has 1 heterocycles. The Balaban J connectivity index is 1.68. The normalized spacial score (nSPS) is 22.2. The van der Waals surface area contributed by atoms with E-state index in [0.717, 1.165) is 0 Å². The van der Waals surface area contributed by atoms with Gasteiger partial charge in [0.15, 0.2) is 0 Å². The van der Waals surface area contributed by atoms with Gasteiger partial charge in [-0.25, -0.2) is 0 Å². The molecule has 4 nitrogen and oxygen atoms in total. The second-order valence-corrected chi connectivity index (χ2v) is 4.80. The Hall–Kier alpha value is -1.16. The van der Waals surface area contributed by atoms with E-state index >= 15 is 0 Å². The van der Waals surface area contributed by atoms with Crippen LogP contribution in [0.3, 0.4) is 0 Å². The molecule has 1 saturated carbocycles. The van der Waals surface area contributed by atoms with Crippen molar-refractivity contribution in [3.05, 3.63) is 12.2 Å². The molecule has 0 saturated heterocycles. The van der Waals surface area contributed by atoms with E-state index in [9.17, 15) is 9.59 Å². The smallest absolute Gasteiger partial charge is 0.253 e. The summed E-state index contributed by atoms with van der Waals surface area (Å²) in [5.74, 6) is -0.365. The first-order chi connectivity index (χ1) is 8.27. The molecule has 2 aliphatic rings. The van der Waals surface area contributed by atoms with E-state index in [4.69, 9.17) is 0 Å². The molecule has 0 aromatic heterocycles. The van der Waals surface area contributed by atoms with Crippen LogP contribution < -0.4 is 5.32 Å². The highest BCUT2D eigenvalue weighted by atomic mass is 16.2. The summed E-state index contributed by atoms with van der Waals surface area (Å²) in [5, 5.41) is 3.46. The summed E-state index contributed by atoms with van der Waals surface area (Å²) in [6.45, 7) is 1.20. The number of carbonyl (C=O) groups is 2. The van der Waals surface area contributed by atoms with Crippen LogP contribution >= 0.6 is 0 Å². The molecule has 4 heteroatoms. The van der Waals surface area contributed by atoms with Gasteiger partial charge in [-0.1, -0.05) is 25.7 Å². The van der Waals surface area contributed by atoms with E-state index in [-0.39, 0.29) is 11.8 Å². The number of nitrogens with one attached hydrogen (secondary N) is 1. The summed E-state index contributed by atoms with van der Waals surface area (Å²) in [5.41, 5.74) is 0. The maximum atomic E-state index is 11.3. The Morgan fingerprint density at radius 3 is 2.24 bits per heavy atom. The number of hydrogen-bond acceptors (Lipinski definition) is 3. The van der Waals surface area contributed by atoms with E-state index in [1.54, 1.807) is 0 Å². The first-order valence-electron chi connectivity index (χ1n) is 6.54. The monoisotopic (exact) mass is 236 g/mol. The van der Waals surface area contributed by atoms with Crippen LogP contribution in [0.2, 0.25) is 0 Å². The molecule has 1 N–H and O–H groups in total. The minimum absolute atomic E-state index is 0.183. The van der Waals surface area contributed by atoms with Crippen molar-refractivity contribution in [2.45, 2.75) is 44.6 Å². The molecule has 0 atom stereocenters. The van der Waals surface area contributed by atoms with Gasteiger partial charge in [0, 0.05) is 31.3 Å². The van der Waals surface area contributed by atoms with E-state index in [1.165, 1.54) is 55.6 Å². The van der Waals surface area contributed by atoms with Crippen molar-refractivity contribution in [3.63, 3.8) is 0 Å². The molecule has 1 fully saturated rings. The minimum Gasteiger partial charge on any atom is -0.312 e. The first-order valence-corrected chi connectivity index (χ1v) is 6.54. The van der Waals surface area contributed by atoms with Crippen LogP contribution in [0, 0.1) is 0 Å². The van der Waals surface area contributed by atoms with E-state index < -0.39 is 0 Å². The summed E-state index contributed by atoms with van der Waals surface area (Å²) >= 11 is 0. The molecular formula is C13H20N2O2. The quantitative estimate of drug-likeness (QED) is 0.590. The third-order valence-electron chi connectivity index (χ3n) is 3.52. The summed E-state index contributed by atoms with van der Waals surface area (Å²) < 4.78 is 0. The molecule has 1 aliphatic carbocycles. The summed E-state index contributed by atoms with van der Waals surface area (Å²) in [7, 11) is 0. The summed E-state index contributed by atoms with van der Waals surface area (Å²) in [4.78, 5) is 23.9. The number of amides is 2. The molecule has 94 valence electrons. The Kier molecular flexibility index (Phi) is 4.31. The predicted octanol–water partition coefficient (Wildman–Crippen LogP) is 1.22. The van der Waals surface area contributed by atoms with Gasteiger partial charge in [-0.2, -0.15) is 0 Å². The van der Waals surface area contributed by atoms with Crippen LogP contribution in [0.4, 0.5) is 0 Å². The van der Waals surface area contributed by atoms with Crippen LogP contribution in [0.5, 0.6) is 0 Å². The Labute approximate surface area is 102 Å². The van der Waals surface area contributed by atoms with Crippen LogP contribution in [0.25, 0.3) is 0 Å². The topological polar surface area (TPSA) is 49.4 Å². The van der Waals surface area contributed by atoms with Crippen molar-refractivity contribution in [1.82, 2.24) is 10.2 Å². The zero-order chi connectivity index (χ0) is 12.1. The van der Waals surface area contributed by atoms with Crippen LogP contribution in [-0.4, -0.2) is 35.8 Å². The van der Waals surface area contributed by atoms with Gasteiger partial charge in [0.05, 0.1) is 0 Å². The molecule has 2 amide bonds. The van der Waals surface area contributed by atoms with Crippen molar-refractivity contribution in [2.24, 2.45) is 0 Å². The molecule has 0 radical (unpaired) electrons.